The van der Waals surface area contributed by atoms with Gasteiger partial charge in [0.15, 0.2) is 0 Å². The molecule has 3 aromatic rings. The number of rotatable bonds is 4. The van der Waals surface area contributed by atoms with Gasteiger partial charge in [0.1, 0.15) is 12.4 Å². The molecule has 190 valence electrons. The van der Waals surface area contributed by atoms with Gasteiger partial charge in [0, 0.05) is 24.1 Å². The molecule has 8 heteroatoms. The van der Waals surface area contributed by atoms with Crippen molar-refractivity contribution in [1.29, 1.82) is 0 Å². The number of thioether (sulfide) groups is 1. The minimum absolute atomic E-state index is 0.0106. The van der Waals surface area contributed by atoms with Crippen LogP contribution >= 0.6 is 23.1 Å². The molecule has 1 aromatic carbocycles. The molecule has 1 unspecified atom stereocenters. The molecule has 36 heavy (non-hydrogen) atoms. The van der Waals surface area contributed by atoms with Crippen molar-refractivity contribution in [2.45, 2.75) is 58.1 Å². The number of hydrogen-bond donors (Lipinski definition) is 0. The average Bonchev–Trinajstić information content (AvgIpc) is 3.57. The van der Waals surface area contributed by atoms with Crippen LogP contribution in [0.2, 0.25) is 0 Å². The summed E-state index contributed by atoms with van der Waals surface area (Å²) in [6, 6.07) is 8.44. The lowest BCUT2D eigenvalue weighted by atomic mass is 9.87. The van der Waals surface area contributed by atoms with Crippen LogP contribution in [-0.2, 0) is 15.0 Å². The number of amides is 2. The number of anilines is 1. The van der Waals surface area contributed by atoms with E-state index in [0.29, 0.717) is 5.75 Å². The summed E-state index contributed by atoms with van der Waals surface area (Å²) in [5.74, 6) is 1.03. The van der Waals surface area contributed by atoms with Gasteiger partial charge >= 0.3 is 0 Å². The van der Waals surface area contributed by atoms with E-state index in [1.807, 2.05) is 9.58 Å². The molecule has 1 atom stereocenters. The van der Waals surface area contributed by atoms with E-state index in [9.17, 15) is 9.59 Å². The number of benzene rings is 1. The van der Waals surface area contributed by atoms with Crippen LogP contribution in [-0.4, -0.2) is 51.9 Å². The van der Waals surface area contributed by atoms with Crippen LogP contribution in [0.4, 0.5) is 5.82 Å². The Morgan fingerprint density at radius 3 is 2.53 bits per heavy atom. The Kier molecular flexibility index (Phi) is 6.76. The van der Waals surface area contributed by atoms with E-state index in [1.54, 1.807) is 28.0 Å². The zero-order valence-corrected chi connectivity index (χ0v) is 23.3. The Morgan fingerprint density at radius 2 is 1.89 bits per heavy atom. The van der Waals surface area contributed by atoms with E-state index >= 15 is 0 Å². The van der Waals surface area contributed by atoms with E-state index in [4.69, 9.17) is 5.10 Å². The third-order valence-electron chi connectivity index (χ3n) is 6.98. The first-order valence-electron chi connectivity index (χ1n) is 12.6. The summed E-state index contributed by atoms with van der Waals surface area (Å²) >= 11 is 3.30. The molecule has 1 saturated heterocycles. The molecule has 2 aromatic heterocycles. The fourth-order valence-electron chi connectivity index (χ4n) is 5.17. The van der Waals surface area contributed by atoms with Gasteiger partial charge in [-0.3, -0.25) is 14.5 Å². The number of hydrogen-bond acceptors (Lipinski definition) is 5. The normalized spacial score (nSPS) is 18.5. The average molecular weight is 523 g/mol. The van der Waals surface area contributed by atoms with Crippen LogP contribution in [0, 0.1) is 13.8 Å². The number of nitrogens with zero attached hydrogens (tertiary/aromatic N) is 4. The number of thiophene rings is 1. The second-order valence-electron chi connectivity index (χ2n) is 10.9. The fourth-order valence-corrected chi connectivity index (χ4v) is 7.13. The molecule has 2 aliphatic rings. The molecule has 1 fully saturated rings. The van der Waals surface area contributed by atoms with Gasteiger partial charge in [0.05, 0.1) is 22.4 Å². The number of carbonyl (C=O) groups is 2. The third-order valence-corrected chi connectivity index (χ3v) is 8.93. The van der Waals surface area contributed by atoms with Crippen molar-refractivity contribution >= 4 is 40.7 Å². The van der Waals surface area contributed by atoms with Crippen LogP contribution in [0.5, 0.6) is 0 Å². The molecule has 6 nitrogen and oxygen atoms in total. The SMILES string of the molecule is Cc1ccc(-n2nc(C(C)(C)C)c3c2N(CC(=O)N2CCCC2)C(=O)CSC3c2ccsc2)c(C)c1. The summed E-state index contributed by atoms with van der Waals surface area (Å²) in [5, 5.41) is 9.42. The second-order valence-corrected chi connectivity index (χ2v) is 12.7. The van der Waals surface area contributed by atoms with Crippen molar-refractivity contribution in [2.24, 2.45) is 0 Å². The monoisotopic (exact) mass is 522 g/mol. The Bertz CT molecular complexity index is 1280. The van der Waals surface area contributed by atoms with Crippen LogP contribution in [0.1, 0.15) is 66.8 Å². The van der Waals surface area contributed by atoms with E-state index in [1.165, 1.54) is 11.1 Å². The number of aryl methyl sites for hydroxylation is 2. The lowest BCUT2D eigenvalue weighted by Gasteiger charge is -2.26. The minimum atomic E-state index is -0.249. The Labute approximate surface area is 221 Å². The Morgan fingerprint density at radius 1 is 1.14 bits per heavy atom. The zero-order valence-electron chi connectivity index (χ0n) is 21.7. The highest BCUT2D eigenvalue weighted by atomic mass is 32.2. The molecule has 0 aliphatic carbocycles. The molecule has 2 amide bonds. The highest BCUT2D eigenvalue weighted by Gasteiger charge is 2.40. The molecule has 2 aliphatic heterocycles. The van der Waals surface area contributed by atoms with Crippen molar-refractivity contribution in [2.75, 3.05) is 30.3 Å². The van der Waals surface area contributed by atoms with Gasteiger partial charge in [0.2, 0.25) is 11.8 Å². The van der Waals surface area contributed by atoms with Crippen LogP contribution in [0.25, 0.3) is 5.69 Å². The zero-order chi connectivity index (χ0) is 25.6. The summed E-state index contributed by atoms with van der Waals surface area (Å²) < 4.78 is 1.94. The number of fused-ring (bicyclic) bond motifs is 1. The van der Waals surface area contributed by atoms with Crippen LogP contribution in [0.15, 0.2) is 35.0 Å². The molecule has 0 bridgehead atoms. The van der Waals surface area contributed by atoms with Gasteiger partial charge in [0.25, 0.3) is 0 Å². The molecule has 4 heterocycles. The Hall–Kier alpha value is -2.58. The smallest absolute Gasteiger partial charge is 0.242 e. The number of carbonyl (C=O) groups excluding carboxylic acids is 2. The summed E-state index contributed by atoms with van der Waals surface area (Å²) in [4.78, 5) is 30.7. The highest BCUT2D eigenvalue weighted by Crippen LogP contribution is 2.49. The second kappa shape index (κ2) is 9.71. The maximum Gasteiger partial charge on any atom is 0.242 e. The quantitative estimate of drug-likeness (QED) is 0.445. The van der Waals surface area contributed by atoms with Gasteiger partial charge in [-0.25, -0.2) is 4.68 Å². The first-order chi connectivity index (χ1) is 17.1. The molecule has 0 spiro atoms. The van der Waals surface area contributed by atoms with Crippen molar-refractivity contribution in [3.05, 3.63) is 63.0 Å². The first kappa shape index (κ1) is 25.1. The Balaban J connectivity index is 1.76. The van der Waals surface area contributed by atoms with Crippen molar-refractivity contribution in [3.8, 4) is 5.69 Å². The third kappa shape index (κ3) is 4.61. The van der Waals surface area contributed by atoms with Crippen LogP contribution in [0.3, 0.4) is 0 Å². The minimum Gasteiger partial charge on any atom is -0.341 e. The lowest BCUT2D eigenvalue weighted by molar-refractivity contribution is -0.130. The summed E-state index contributed by atoms with van der Waals surface area (Å²) in [5.41, 5.74) is 6.14. The molecule has 0 N–H and O–H groups in total. The van der Waals surface area contributed by atoms with Crippen molar-refractivity contribution in [1.82, 2.24) is 14.7 Å². The number of likely N-dealkylation sites (tertiary alicyclic amines) is 1. The van der Waals surface area contributed by atoms with E-state index in [0.717, 1.165) is 54.3 Å². The lowest BCUT2D eigenvalue weighted by Crippen LogP contribution is -2.43. The predicted octanol–water partition coefficient (Wildman–Crippen LogP) is 5.64. The van der Waals surface area contributed by atoms with Gasteiger partial charge in [-0.2, -0.15) is 16.4 Å². The maximum absolute atomic E-state index is 13.7. The largest absolute Gasteiger partial charge is 0.341 e. The van der Waals surface area contributed by atoms with E-state index in [2.05, 4.69) is 69.6 Å². The topological polar surface area (TPSA) is 58.4 Å². The maximum atomic E-state index is 13.7. The molecular formula is C28H34N4O2S2. The summed E-state index contributed by atoms with van der Waals surface area (Å²) in [6.45, 7) is 12.2. The first-order valence-corrected chi connectivity index (χ1v) is 14.6. The van der Waals surface area contributed by atoms with Gasteiger partial charge in [-0.1, -0.05) is 38.5 Å². The highest BCUT2D eigenvalue weighted by molar-refractivity contribution is 8.00. The molecule has 0 saturated carbocycles. The molecular weight excluding hydrogens is 488 g/mol. The molecule has 5 rings (SSSR count). The van der Waals surface area contributed by atoms with Crippen LogP contribution < -0.4 is 4.90 Å². The molecule has 0 radical (unpaired) electrons. The van der Waals surface area contributed by atoms with E-state index in [-0.39, 0.29) is 29.0 Å². The summed E-state index contributed by atoms with van der Waals surface area (Å²) in [6.07, 6.45) is 2.05. The van der Waals surface area contributed by atoms with Crippen molar-refractivity contribution < 1.29 is 9.59 Å². The van der Waals surface area contributed by atoms with Gasteiger partial charge in [-0.05, 0) is 60.7 Å². The van der Waals surface area contributed by atoms with Gasteiger partial charge < -0.3 is 4.90 Å². The van der Waals surface area contributed by atoms with Gasteiger partial charge in [-0.15, -0.1) is 11.8 Å². The summed E-state index contributed by atoms with van der Waals surface area (Å²) in [7, 11) is 0. The van der Waals surface area contributed by atoms with E-state index < -0.39 is 0 Å². The predicted molar refractivity (Wildman–Crippen MR) is 149 cm³/mol. The van der Waals surface area contributed by atoms with Crippen molar-refractivity contribution in [3.63, 3.8) is 0 Å². The number of aromatic nitrogens is 2. The fraction of sp³-hybridized carbons (Fsp3) is 0.464. The standard InChI is InChI=1S/C28H34N4O2S2/c1-18-8-9-21(19(2)14-18)32-27-24(26(29-32)28(3,4)5)25(20-10-13-35-16-20)36-17-23(34)31(27)15-22(33)30-11-6-7-12-30/h8-10,13-14,16,25H,6-7,11-12,15,17H2,1-5H3.